The monoisotopic (exact) mass is 319 g/mol. The standard InChI is InChI=1S/C12H11Cl2NO5/c13-7-3-1-6(5-8(7)14)2-4-9(16)15-10(11(17)18)12(19)20/h1,3,5,10H,2,4H2,(H,15,16)(H,17,18)(H,19,20). The minimum absolute atomic E-state index is 0.0605. The Hall–Kier alpha value is -1.79. The van der Waals surface area contributed by atoms with Crippen molar-refractivity contribution in [2.45, 2.75) is 18.9 Å². The molecule has 1 aromatic rings. The number of hydrogen-bond donors (Lipinski definition) is 3. The van der Waals surface area contributed by atoms with Crippen LogP contribution in [-0.2, 0) is 20.8 Å². The maximum Gasteiger partial charge on any atom is 0.338 e. The fourth-order valence-electron chi connectivity index (χ4n) is 1.42. The third-order valence-electron chi connectivity index (χ3n) is 2.42. The van der Waals surface area contributed by atoms with Gasteiger partial charge in [0.25, 0.3) is 0 Å². The van der Waals surface area contributed by atoms with Gasteiger partial charge in [-0.2, -0.15) is 0 Å². The van der Waals surface area contributed by atoms with Gasteiger partial charge >= 0.3 is 11.9 Å². The number of carbonyl (C=O) groups excluding carboxylic acids is 1. The van der Waals surface area contributed by atoms with Crippen molar-refractivity contribution in [1.29, 1.82) is 0 Å². The normalized spacial score (nSPS) is 10.3. The molecule has 1 amide bonds. The minimum Gasteiger partial charge on any atom is -0.479 e. The van der Waals surface area contributed by atoms with Gasteiger partial charge in [-0.05, 0) is 24.1 Å². The number of nitrogens with one attached hydrogen (secondary N) is 1. The summed E-state index contributed by atoms with van der Waals surface area (Å²) in [7, 11) is 0. The molecule has 0 unspecified atom stereocenters. The Balaban J connectivity index is 2.56. The average Bonchev–Trinajstić information content (AvgIpc) is 2.36. The Morgan fingerprint density at radius 3 is 2.20 bits per heavy atom. The van der Waals surface area contributed by atoms with Crippen LogP contribution in [0.3, 0.4) is 0 Å². The molecule has 0 bridgehead atoms. The summed E-state index contributed by atoms with van der Waals surface area (Å²) in [4.78, 5) is 32.7. The molecule has 0 saturated carbocycles. The van der Waals surface area contributed by atoms with Crippen molar-refractivity contribution in [3.8, 4) is 0 Å². The Labute approximate surface area is 124 Å². The van der Waals surface area contributed by atoms with E-state index in [-0.39, 0.29) is 12.8 Å². The first-order chi connectivity index (χ1) is 9.31. The van der Waals surface area contributed by atoms with Crippen LogP contribution in [0.15, 0.2) is 18.2 Å². The van der Waals surface area contributed by atoms with E-state index in [4.69, 9.17) is 33.4 Å². The molecular formula is C12H11Cl2NO5. The number of carbonyl (C=O) groups is 3. The number of rotatable bonds is 6. The number of benzene rings is 1. The van der Waals surface area contributed by atoms with Gasteiger partial charge < -0.3 is 15.5 Å². The van der Waals surface area contributed by atoms with Crippen LogP contribution in [0.5, 0.6) is 0 Å². The van der Waals surface area contributed by atoms with E-state index in [2.05, 4.69) is 0 Å². The van der Waals surface area contributed by atoms with E-state index >= 15 is 0 Å². The molecule has 1 rings (SSSR count). The summed E-state index contributed by atoms with van der Waals surface area (Å²) in [5.41, 5.74) is 0.733. The zero-order chi connectivity index (χ0) is 15.3. The van der Waals surface area contributed by atoms with Crippen molar-refractivity contribution in [2.24, 2.45) is 0 Å². The second-order valence-electron chi connectivity index (χ2n) is 3.93. The molecule has 0 aromatic heterocycles. The van der Waals surface area contributed by atoms with Crippen molar-refractivity contribution in [2.75, 3.05) is 0 Å². The molecule has 20 heavy (non-hydrogen) atoms. The Morgan fingerprint density at radius 2 is 1.70 bits per heavy atom. The second kappa shape index (κ2) is 7.12. The number of aliphatic carboxylic acids is 2. The topological polar surface area (TPSA) is 104 Å². The molecule has 3 N–H and O–H groups in total. The van der Waals surface area contributed by atoms with Crippen molar-refractivity contribution in [3.63, 3.8) is 0 Å². The molecule has 8 heteroatoms. The van der Waals surface area contributed by atoms with E-state index in [1.807, 2.05) is 5.32 Å². The number of halogens is 2. The third-order valence-corrected chi connectivity index (χ3v) is 3.16. The summed E-state index contributed by atoms with van der Waals surface area (Å²) in [5, 5.41) is 19.9. The molecule has 6 nitrogen and oxygen atoms in total. The molecule has 0 spiro atoms. The van der Waals surface area contributed by atoms with Crippen LogP contribution in [-0.4, -0.2) is 34.1 Å². The summed E-state index contributed by atoms with van der Waals surface area (Å²) in [6.45, 7) is 0. The first-order valence-corrected chi connectivity index (χ1v) is 6.25. The average molecular weight is 320 g/mol. The second-order valence-corrected chi connectivity index (χ2v) is 4.74. The molecule has 0 saturated heterocycles. The molecule has 0 aliphatic heterocycles. The highest BCUT2D eigenvalue weighted by molar-refractivity contribution is 6.42. The lowest BCUT2D eigenvalue weighted by atomic mass is 10.1. The van der Waals surface area contributed by atoms with E-state index in [0.717, 1.165) is 5.56 Å². The van der Waals surface area contributed by atoms with Crippen LogP contribution in [0.2, 0.25) is 10.0 Å². The highest BCUT2D eigenvalue weighted by atomic mass is 35.5. The number of amides is 1. The summed E-state index contributed by atoms with van der Waals surface area (Å²) in [6, 6.07) is 2.89. The SMILES string of the molecule is O=C(CCc1ccc(Cl)c(Cl)c1)NC(C(=O)O)C(=O)O. The van der Waals surface area contributed by atoms with E-state index in [1.165, 1.54) is 0 Å². The van der Waals surface area contributed by atoms with Crippen molar-refractivity contribution in [1.82, 2.24) is 5.32 Å². The van der Waals surface area contributed by atoms with Crippen molar-refractivity contribution >= 4 is 41.0 Å². The number of aryl methyl sites for hydroxylation is 1. The predicted molar refractivity (Wildman–Crippen MR) is 72.0 cm³/mol. The number of carboxylic acid groups (broad SMARTS) is 2. The van der Waals surface area contributed by atoms with Gasteiger partial charge in [-0.15, -0.1) is 0 Å². The lowest BCUT2D eigenvalue weighted by Gasteiger charge is -2.10. The summed E-state index contributed by atoms with van der Waals surface area (Å²) < 4.78 is 0. The quantitative estimate of drug-likeness (QED) is 0.691. The van der Waals surface area contributed by atoms with Crippen LogP contribution in [0.1, 0.15) is 12.0 Å². The smallest absolute Gasteiger partial charge is 0.338 e. The van der Waals surface area contributed by atoms with Gasteiger partial charge in [0.15, 0.2) is 0 Å². The molecule has 0 fully saturated rings. The molecular weight excluding hydrogens is 309 g/mol. The first kappa shape index (κ1) is 16.3. The summed E-state index contributed by atoms with van der Waals surface area (Å²) in [5.74, 6) is -3.92. The van der Waals surface area contributed by atoms with Crippen LogP contribution < -0.4 is 5.32 Å². The molecule has 0 radical (unpaired) electrons. The fourth-order valence-corrected chi connectivity index (χ4v) is 1.74. The van der Waals surface area contributed by atoms with Crippen LogP contribution in [0, 0.1) is 0 Å². The molecule has 0 aliphatic carbocycles. The van der Waals surface area contributed by atoms with Crippen LogP contribution >= 0.6 is 23.2 Å². The highest BCUT2D eigenvalue weighted by Gasteiger charge is 2.27. The van der Waals surface area contributed by atoms with Crippen molar-refractivity contribution in [3.05, 3.63) is 33.8 Å². The van der Waals surface area contributed by atoms with E-state index < -0.39 is 23.9 Å². The zero-order valence-corrected chi connectivity index (χ0v) is 11.6. The van der Waals surface area contributed by atoms with Gasteiger partial charge in [0.2, 0.25) is 11.9 Å². The maximum absolute atomic E-state index is 11.5. The molecule has 1 aromatic carbocycles. The minimum atomic E-state index is -1.95. The van der Waals surface area contributed by atoms with Gasteiger partial charge in [-0.3, -0.25) is 4.79 Å². The Kier molecular flexibility index (Phi) is 5.79. The van der Waals surface area contributed by atoms with Gasteiger partial charge in [-0.1, -0.05) is 29.3 Å². The first-order valence-electron chi connectivity index (χ1n) is 5.50. The van der Waals surface area contributed by atoms with E-state index in [0.29, 0.717) is 10.0 Å². The fraction of sp³-hybridized carbons (Fsp3) is 0.250. The van der Waals surface area contributed by atoms with E-state index in [1.54, 1.807) is 18.2 Å². The Morgan fingerprint density at radius 1 is 1.10 bits per heavy atom. The number of hydrogen-bond acceptors (Lipinski definition) is 3. The molecule has 0 aliphatic rings. The molecule has 0 atom stereocenters. The third kappa shape index (κ3) is 4.71. The maximum atomic E-state index is 11.5. The summed E-state index contributed by atoms with van der Waals surface area (Å²) in [6.07, 6.45) is 0.226. The van der Waals surface area contributed by atoms with Gasteiger partial charge in [0, 0.05) is 6.42 Å². The lowest BCUT2D eigenvalue weighted by Crippen LogP contribution is -2.46. The number of carboxylic acids is 2. The predicted octanol–water partition coefficient (Wildman–Crippen LogP) is 1.58. The van der Waals surface area contributed by atoms with Gasteiger partial charge in [0.05, 0.1) is 10.0 Å². The van der Waals surface area contributed by atoms with Crippen LogP contribution in [0.25, 0.3) is 0 Å². The summed E-state index contributed by atoms with van der Waals surface area (Å²) >= 11 is 11.5. The lowest BCUT2D eigenvalue weighted by molar-refractivity contribution is -0.153. The van der Waals surface area contributed by atoms with Crippen LogP contribution in [0.4, 0.5) is 0 Å². The Bertz CT molecular complexity index is 533. The van der Waals surface area contributed by atoms with Gasteiger partial charge in [-0.25, -0.2) is 9.59 Å². The largest absolute Gasteiger partial charge is 0.479 e. The molecule has 0 heterocycles. The molecule has 108 valence electrons. The zero-order valence-electron chi connectivity index (χ0n) is 10.1. The highest BCUT2D eigenvalue weighted by Crippen LogP contribution is 2.23. The van der Waals surface area contributed by atoms with Gasteiger partial charge in [0.1, 0.15) is 0 Å². The van der Waals surface area contributed by atoms with Crippen molar-refractivity contribution < 1.29 is 24.6 Å². The van der Waals surface area contributed by atoms with E-state index in [9.17, 15) is 14.4 Å².